The third kappa shape index (κ3) is 7.14. The van der Waals surface area contributed by atoms with Crippen molar-refractivity contribution in [1.29, 1.82) is 0 Å². The van der Waals surface area contributed by atoms with Crippen molar-refractivity contribution in [3.8, 4) is 11.5 Å². The average Bonchev–Trinajstić information content (AvgIpc) is 2.78. The molecule has 3 aromatic carbocycles. The fourth-order valence-corrected chi connectivity index (χ4v) is 4.47. The lowest BCUT2D eigenvalue weighted by molar-refractivity contribution is 0.267. The summed E-state index contributed by atoms with van der Waals surface area (Å²) in [5.41, 5.74) is 3.24. The maximum absolute atomic E-state index is 6.28. The van der Waals surface area contributed by atoms with Gasteiger partial charge in [-0.05, 0) is 78.0 Å². The molecule has 32 heavy (non-hydrogen) atoms. The zero-order chi connectivity index (χ0) is 22.9. The van der Waals surface area contributed by atoms with Crippen LogP contribution < -0.4 is 14.8 Å². The standard InChI is InChI=1S/C26H28BrCl2NO2/c1-3-31-25-15-20(16-30-18(2)12-13-19-8-5-4-6-9-19)14-22(27)26(25)32-17-21-23(28)10-7-11-24(21)29/h4-11,14-15,18,30H,3,12-13,16-17H2,1-2H3/t18-/m1/s1. The molecule has 0 fully saturated rings. The van der Waals surface area contributed by atoms with E-state index in [-0.39, 0.29) is 6.61 Å². The van der Waals surface area contributed by atoms with E-state index in [1.807, 2.05) is 19.1 Å². The Bertz CT molecular complexity index is 994. The van der Waals surface area contributed by atoms with Gasteiger partial charge >= 0.3 is 0 Å². The van der Waals surface area contributed by atoms with Gasteiger partial charge in [-0.15, -0.1) is 0 Å². The number of ether oxygens (including phenoxy) is 2. The summed E-state index contributed by atoms with van der Waals surface area (Å²) in [6.45, 7) is 5.71. The van der Waals surface area contributed by atoms with Crippen molar-refractivity contribution in [3.63, 3.8) is 0 Å². The molecule has 170 valence electrons. The van der Waals surface area contributed by atoms with Crippen LogP contribution in [0.3, 0.4) is 0 Å². The van der Waals surface area contributed by atoms with Crippen LogP contribution in [0.2, 0.25) is 10.0 Å². The average molecular weight is 537 g/mol. The number of aryl methyl sites for hydroxylation is 1. The molecule has 0 aliphatic carbocycles. The Morgan fingerprint density at radius 1 is 0.938 bits per heavy atom. The van der Waals surface area contributed by atoms with E-state index in [4.69, 9.17) is 32.7 Å². The zero-order valence-electron chi connectivity index (χ0n) is 18.3. The summed E-state index contributed by atoms with van der Waals surface area (Å²) < 4.78 is 12.8. The van der Waals surface area contributed by atoms with E-state index in [9.17, 15) is 0 Å². The molecule has 6 heteroatoms. The van der Waals surface area contributed by atoms with Crippen LogP contribution in [0.5, 0.6) is 11.5 Å². The molecule has 1 N–H and O–H groups in total. The Morgan fingerprint density at radius 2 is 1.66 bits per heavy atom. The molecule has 0 bridgehead atoms. The lowest BCUT2D eigenvalue weighted by Crippen LogP contribution is -2.26. The van der Waals surface area contributed by atoms with Crippen molar-refractivity contribution < 1.29 is 9.47 Å². The molecule has 3 aromatic rings. The molecule has 0 aliphatic rings. The molecule has 0 unspecified atom stereocenters. The van der Waals surface area contributed by atoms with Gasteiger partial charge in [0.2, 0.25) is 0 Å². The van der Waals surface area contributed by atoms with Gasteiger partial charge in [-0.2, -0.15) is 0 Å². The SMILES string of the molecule is CCOc1cc(CN[C@H](C)CCc2ccccc2)cc(Br)c1OCc1c(Cl)cccc1Cl. The Labute approximate surface area is 209 Å². The van der Waals surface area contributed by atoms with Crippen LogP contribution >= 0.6 is 39.1 Å². The summed E-state index contributed by atoms with van der Waals surface area (Å²) in [6, 6.07) is 20.5. The number of benzene rings is 3. The predicted molar refractivity (Wildman–Crippen MR) is 137 cm³/mol. The summed E-state index contributed by atoms with van der Waals surface area (Å²) in [6.07, 6.45) is 2.13. The van der Waals surface area contributed by atoms with Crippen molar-refractivity contribution in [1.82, 2.24) is 5.32 Å². The maximum atomic E-state index is 6.28. The highest BCUT2D eigenvalue weighted by molar-refractivity contribution is 9.10. The number of hydrogen-bond acceptors (Lipinski definition) is 3. The highest BCUT2D eigenvalue weighted by Gasteiger charge is 2.15. The van der Waals surface area contributed by atoms with Gasteiger partial charge in [0.15, 0.2) is 11.5 Å². The molecule has 0 aliphatic heterocycles. The summed E-state index contributed by atoms with van der Waals surface area (Å²) in [5.74, 6) is 1.34. The van der Waals surface area contributed by atoms with Crippen LogP contribution in [-0.4, -0.2) is 12.6 Å². The molecular weight excluding hydrogens is 509 g/mol. The van der Waals surface area contributed by atoms with Crippen molar-refractivity contribution in [2.45, 2.75) is 45.9 Å². The van der Waals surface area contributed by atoms with Crippen molar-refractivity contribution in [2.75, 3.05) is 6.61 Å². The van der Waals surface area contributed by atoms with E-state index in [0.29, 0.717) is 34.2 Å². The molecule has 0 saturated carbocycles. The van der Waals surface area contributed by atoms with Crippen LogP contribution in [0.15, 0.2) is 65.1 Å². The van der Waals surface area contributed by atoms with Crippen LogP contribution in [0.4, 0.5) is 0 Å². The number of halogens is 3. The van der Waals surface area contributed by atoms with Gasteiger partial charge in [-0.1, -0.05) is 59.6 Å². The Morgan fingerprint density at radius 3 is 2.34 bits per heavy atom. The minimum Gasteiger partial charge on any atom is -0.490 e. The van der Waals surface area contributed by atoms with Crippen LogP contribution in [0, 0.1) is 0 Å². The Hall–Kier alpha value is -1.72. The van der Waals surface area contributed by atoms with E-state index in [2.05, 4.69) is 64.6 Å². The molecule has 0 radical (unpaired) electrons. The van der Waals surface area contributed by atoms with Crippen molar-refractivity contribution in [2.24, 2.45) is 0 Å². The molecule has 3 nitrogen and oxygen atoms in total. The molecule has 0 amide bonds. The first-order valence-corrected chi connectivity index (χ1v) is 12.3. The number of hydrogen-bond donors (Lipinski definition) is 1. The molecule has 3 rings (SSSR count). The minimum absolute atomic E-state index is 0.255. The first kappa shape index (κ1) is 24.9. The molecule has 0 saturated heterocycles. The minimum atomic E-state index is 0.255. The largest absolute Gasteiger partial charge is 0.490 e. The predicted octanol–water partition coefficient (Wildman–Crippen LogP) is 7.84. The second-order valence-electron chi connectivity index (χ2n) is 7.63. The van der Waals surface area contributed by atoms with E-state index in [1.54, 1.807) is 12.1 Å². The summed E-state index contributed by atoms with van der Waals surface area (Å²) in [4.78, 5) is 0. The van der Waals surface area contributed by atoms with Gasteiger partial charge in [0.25, 0.3) is 0 Å². The highest BCUT2D eigenvalue weighted by atomic mass is 79.9. The molecule has 0 aromatic heterocycles. The fraction of sp³-hybridized carbons (Fsp3) is 0.308. The summed E-state index contributed by atoms with van der Waals surface area (Å²) in [5, 5.41) is 4.77. The lowest BCUT2D eigenvalue weighted by Gasteiger charge is -2.18. The van der Waals surface area contributed by atoms with Gasteiger partial charge in [0, 0.05) is 28.2 Å². The van der Waals surface area contributed by atoms with Gasteiger partial charge in [0.05, 0.1) is 11.1 Å². The van der Waals surface area contributed by atoms with Crippen LogP contribution in [-0.2, 0) is 19.6 Å². The van der Waals surface area contributed by atoms with Crippen LogP contribution in [0.25, 0.3) is 0 Å². The summed E-state index contributed by atoms with van der Waals surface area (Å²) in [7, 11) is 0. The third-order valence-corrected chi connectivity index (χ3v) is 6.45. The number of nitrogens with one attached hydrogen (secondary N) is 1. The van der Waals surface area contributed by atoms with E-state index < -0.39 is 0 Å². The smallest absolute Gasteiger partial charge is 0.175 e. The molecule has 0 heterocycles. The maximum Gasteiger partial charge on any atom is 0.175 e. The second-order valence-corrected chi connectivity index (χ2v) is 9.30. The van der Waals surface area contributed by atoms with Gasteiger partial charge in [-0.3, -0.25) is 0 Å². The first-order valence-electron chi connectivity index (χ1n) is 10.8. The third-order valence-electron chi connectivity index (χ3n) is 5.16. The lowest BCUT2D eigenvalue weighted by atomic mass is 10.1. The quantitative estimate of drug-likeness (QED) is 0.270. The van der Waals surface area contributed by atoms with E-state index in [0.717, 1.165) is 35.0 Å². The Balaban J connectivity index is 1.64. The van der Waals surface area contributed by atoms with Crippen LogP contribution in [0.1, 0.15) is 37.0 Å². The zero-order valence-corrected chi connectivity index (χ0v) is 21.4. The fourth-order valence-electron chi connectivity index (χ4n) is 3.36. The Kier molecular flexibility index (Phi) is 9.73. The van der Waals surface area contributed by atoms with E-state index >= 15 is 0 Å². The van der Waals surface area contributed by atoms with Crippen molar-refractivity contribution in [3.05, 3.63) is 91.9 Å². The van der Waals surface area contributed by atoms with Gasteiger partial charge in [0.1, 0.15) is 6.61 Å². The topological polar surface area (TPSA) is 30.5 Å². The van der Waals surface area contributed by atoms with E-state index in [1.165, 1.54) is 5.56 Å². The second kappa shape index (κ2) is 12.5. The summed E-state index contributed by atoms with van der Waals surface area (Å²) >= 11 is 16.2. The molecule has 0 spiro atoms. The van der Waals surface area contributed by atoms with Gasteiger partial charge < -0.3 is 14.8 Å². The highest BCUT2D eigenvalue weighted by Crippen LogP contribution is 2.38. The molecule has 1 atom stereocenters. The first-order chi connectivity index (χ1) is 15.5. The van der Waals surface area contributed by atoms with Gasteiger partial charge in [-0.25, -0.2) is 0 Å². The molecular formula is C26H28BrCl2NO2. The monoisotopic (exact) mass is 535 g/mol. The number of rotatable bonds is 11. The van der Waals surface area contributed by atoms with Crippen molar-refractivity contribution >= 4 is 39.1 Å². The normalized spacial score (nSPS) is 11.9.